The van der Waals surface area contributed by atoms with Crippen LogP contribution in [0.2, 0.25) is 0 Å². The van der Waals surface area contributed by atoms with E-state index in [-0.39, 0.29) is 22.5 Å². The minimum atomic E-state index is -0.375. The molecule has 6 heteroatoms. The van der Waals surface area contributed by atoms with Crippen LogP contribution in [0.4, 0.5) is 5.69 Å². The van der Waals surface area contributed by atoms with E-state index in [0.717, 1.165) is 16.2 Å². The molecule has 0 unspecified atom stereocenters. The number of aryl methyl sites for hydroxylation is 1. The highest BCUT2D eigenvalue weighted by Crippen LogP contribution is 2.27. The lowest BCUT2D eigenvalue weighted by molar-refractivity contribution is -0.127. The molecule has 0 bridgehead atoms. The summed E-state index contributed by atoms with van der Waals surface area (Å²) in [5, 5.41) is 0.238. The van der Waals surface area contributed by atoms with E-state index in [9.17, 15) is 9.59 Å². The molecule has 1 aliphatic heterocycles. The molecule has 128 valence electrons. The Balaban J connectivity index is 2.08. The van der Waals surface area contributed by atoms with Gasteiger partial charge in [0.15, 0.2) is 5.11 Å². The maximum absolute atomic E-state index is 13.0. The highest BCUT2D eigenvalue weighted by atomic mass is 32.1. The SMILES string of the molecule is CCCN1C(=O)/C(=C\c2ccc(C)s2)C(=O)N(c2ccccc2)C1=S. The first kappa shape index (κ1) is 17.5. The Morgan fingerprint density at radius 3 is 2.40 bits per heavy atom. The number of carbonyl (C=O) groups is 2. The molecule has 0 radical (unpaired) electrons. The standard InChI is InChI=1S/C19H18N2O2S2/c1-3-11-20-17(22)16(12-15-10-9-13(2)25-15)18(23)21(19(20)24)14-7-5-4-6-8-14/h4-10,12H,3,11H2,1-2H3/b16-12+. The molecule has 0 N–H and O–H groups in total. The molecule has 1 saturated heterocycles. The quantitative estimate of drug-likeness (QED) is 0.464. The number of nitrogens with zero attached hydrogens (tertiary/aromatic N) is 2. The minimum Gasteiger partial charge on any atom is -0.284 e. The van der Waals surface area contributed by atoms with E-state index in [2.05, 4.69) is 0 Å². The topological polar surface area (TPSA) is 40.6 Å². The second kappa shape index (κ2) is 7.29. The van der Waals surface area contributed by atoms with Crippen LogP contribution in [0.3, 0.4) is 0 Å². The van der Waals surface area contributed by atoms with Gasteiger partial charge in [-0.2, -0.15) is 0 Å². The number of thiocarbonyl (C=S) groups is 1. The van der Waals surface area contributed by atoms with Crippen molar-refractivity contribution in [2.75, 3.05) is 11.4 Å². The number of hydrogen-bond donors (Lipinski definition) is 0. The summed E-state index contributed by atoms with van der Waals surface area (Å²) in [4.78, 5) is 30.8. The smallest absolute Gasteiger partial charge is 0.270 e. The van der Waals surface area contributed by atoms with Gasteiger partial charge >= 0.3 is 0 Å². The van der Waals surface area contributed by atoms with Crippen molar-refractivity contribution in [3.05, 3.63) is 57.8 Å². The molecule has 1 aromatic heterocycles. The average molecular weight is 370 g/mol. The number of carbonyl (C=O) groups excluding carboxylic acids is 2. The van der Waals surface area contributed by atoms with E-state index in [1.54, 1.807) is 17.4 Å². The molecule has 2 amide bonds. The van der Waals surface area contributed by atoms with Crippen molar-refractivity contribution in [2.24, 2.45) is 0 Å². The van der Waals surface area contributed by atoms with Crippen LogP contribution in [0, 0.1) is 6.92 Å². The molecule has 1 aliphatic rings. The van der Waals surface area contributed by atoms with E-state index in [4.69, 9.17) is 12.2 Å². The third-order valence-electron chi connectivity index (χ3n) is 3.84. The molecule has 0 saturated carbocycles. The van der Waals surface area contributed by atoms with Crippen LogP contribution in [-0.4, -0.2) is 28.4 Å². The molecule has 2 heterocycles. The van der Waals surface area contributed by atoms with Crippen LogP contribution in [0.15, 0.2) is 48.0 Å². The van der Waals surface area contributed by atoms with Crippen molar-refractivity contribution in [3.8, 4) is 0 Å². The van der Waals surface area contributed by atoms with Crippen LogP contribution in [0.5, 0.6) is 0 Å². The summed E-state index contributed by atoms with van der Waals surface area (Å²) < 4.78 is 0. The molecule has 25 heavy (non-hydrogen) atoms. The first-order chi connectivity index (χ1) is 12.0. The first-order valence-corrected chi connectivity index (χ1v) is 9.29. The maximum Gasteiger partial charge on any atom is 0.270 e. The number of para-hydroxylation sites is 1. The zero-order valence-electron chi connectivity index (χ0n) is 14.1. The lowest BCUT2D eigenvalue weighted by Gasteiger charge is -2.36. The summed E-state index contributed by atoms with van der Waals surface area (Å²) in [6.45, 7) is 4.45. The van der Waals surface area contributed by atoms with Crippen molar-refractivity contribution >= 4 is 52.2 Å². The molecule has 0 atom stereocenters. The largest absolute Gasteiger partial charge is 0.284 e. The van der Waals surface area contributed by atoms with Gasteiger partial charge in [0.25, 0.3) is 11.8 Å². The lowest BCUT2D eigenvalue weighted by Crippen LogP contribution is -2.56. The number of benzene rings is 1. The summed E-state index contributed by atoms with van der Waals surface area (Å²) in [6.07, 6.45) is 2.43. The van der Waals surface area contributed by atoms with Crippen molar-refractivity contribution in [1.29, 1.82) is 0 Å². The van der Waals surface area contributed by atoms with Crippen LogP contribution in [0.25, 0.3) is 6.08 Å². The predicted molar refractivity (Wildman–Crippen MR) is 106 cm³/mol. The highest BCUT2D eigenvalue weighted by molar-refractivity contribution is 7.80. The average Bonchev–Trinajstić information content (AvgIpc) is 3.02. The second-order valence-corrected chi connectivity index (χ2v) is 7.41. The van der Waals surface area contributed by atoms with Crippen LogP contribution in [0.1, 0.15) is 23.1 Å². The fourth-order valence-electron chi connectivity index (χ4n) is 2.67. The highest BCUT2D eigenvalue weighted by Gasteiger charge is 2.39. The predicted octanol–water partition coefficient (Wildman–Crippen LogP) is 4.01. The Morgan fingerprint density at radius 2 is 1.80 bits per heavy atom. The summed E-state index contributed by atoms with van der Waals surface area (Å²) >= 11 is 7.00. The van der Waals surface area contributed by atoms with E-state index in [1.165, 1.54) is 9.80 Å². The maximum atomic E-state index is 13.0. The van der Waals surface area contributed by atoms with Crippen molar-refractivity contribution < 1.29 is 9.59 Å². The summed E-state index contributed by atoms with van der Waals surface area (Å²) in [7, 11) is 0. The van der Waals surface area contributed by atoms with Crippen LogP contribution >= 0.6 is 23.6 Å². The van der Waals surface area contributed by atoms with E-state index in [0.29, 0.717) is 12.2 Å². The Hall–Kier alpha value is -2.31. The third kappa shape index (κ3) is 3.41. The summed E-state index contributed by atoms with van der Waals surface area (Å²) in [5.74, 6) is -0.699. The molecule has 3 rings (SSSR count). The van der Waals surface area contributed by atoms with E-state index < -0.39 is 0 Å². The first-order valence-electron chi connectivity index (χ1n) is 8.06. The molecule has 1 fully saturated rings. The van der Waals surface area contributed by atoms with Gasteiger partial charge < -0.3 is 0 Å². The minimum absolute atomic E-state index is 0.146. The Kier molecular flexibility index (Phi) is 5.11. The van der Waals surface area contributed by atoms with Crippen molar-refractivity contribution in [2.45, 2.75) is 20.3 Å². The molecule has 0 spiro atoms. The molecule has 2 aromatic rings. The van der Waals surface area contributed by atoms with Gasteiger partial charge in [0.2, 0.25) is 0 Å². The van der Waals surface area contributed by atoms with Gasteiger partial charge in [-0.25, -0.2) is 0 Å². The van der Waals surface area contributed by atoms with E-state index >= 15 is 0 Å². The van der Waals surface area contributed by atoms with Crippen LogP contribution in [-0.2, 0) is 9.59 Å². The van der Waals surface area contributed by atoms with Gasteiger partial charge in [-0.1, -0.05) is 25.1 Å². The van der Waals surface area contributed by atoms with Crippen LogP contribution < -0.4 is 4.90 Å². The number of rotatable bonds is 4. The van der Waals surface area contributed by atoms with Gasteiger partial charge in [-0.3, -0.25) is 19.4 Å². The number of hydrogen-bond acceptors (Lipinski definition) is 4. The number of thiophene rings is 1. The molecule has 1 aromatic carbocycles. The second-order valence-electron chi connectivity index (χ2n) is 5.72. The van der Waals surface area contributed by atoms with Gasteiger partial charge in [0.1, 0.15) is 5.57 Å². The zero-order valence-corrected chi connectivity index (χ0v) is 15.7. The molecule has 4 nitrogen and oxygen atoms in total. The normalized spacial score (nSPS) is 16.9. The van der Waals surface area contributed by atoms with Gasteiger partial charge in [-0.05, 0) is 55.9 Å². The summed E-state index contributed by atoms with van der Waals surface area (Å²) in [5.41, 5.74) is 0.812. The Labute approximate surface area is 156 Å². The van der Waals surface area contributed by atoms with Gasteiger partial charge in [-0.15, -0.1) is 11.3 Å². The van der Waals surface area contributed by atoms with Crippen molar-refractivity contribution in [1.82, 2.24) is 4.90 Å². The van der Waals surface area contributed by atoms with Gasteiger partial charge in [0, 0.05) is 16.3 Å². The van der Waals surface area contributed by atoms with E-state index in [1.807, 2.05) is 56.3 Å². The monoisotopic (exact) mass is 370 g/mol. The zero-order chi connectivity index (χ0) is 18.0. The third-order valence-corrected chi connectivity index (χ3v) is 5.19. The Morgan fingerprint density at radius 1 is 1.08 bits per heavy atom. The molecule has 0 aliphatic carbocycles. The molecular weight excluding hydrogens is 352 g/mol. The summed E-state index contributed by atoms with van der Waals surface area (Å²) in [6, 6.07) is 13.1. The number of anilines is 1. The fraction of sp³-hybridized carbons (Fsp3) is 0.211. The van der Waals surface area contributed by atoms with Gasteiger partial charge in [0.05, 0.1) is 5.69 Å². The number of amides is 2. The molecular formula is C19H18N2O2S2. The van der Waals surface area contributed by atoms with Crippen molar-refractivity contribution in [3.63, 3.8) is 0 Å². The fourth-order valence-corrected chi connectivity index (χ4v) is 3.86. The lowest BCUT2D eigenvalue weighted by atomic mass is 10.1. The Bertz CT molecular complexity index is 855.